The Kier molecular flexibility index (Phi) is 7.94. The second-order valence-electron chi connectivity index (χ2n) is 7.23. The molecule has 1 aliphatic carbocycles. The van der Waals surface area contributed by atoms with Crippen LogP contribution in [0.15, 0.2) is 42.5 Å². The average Bonchev–Trinajstić information content (AvgIpc) is 3.31. The predicted octanol–water partition coefficient (Wildman–Crippen LogP) is 3.71. The minimum atomic E-state index is -0.909. The zero-order valence-corrected chi connectivity index (χ0v) is 17.9. The molecule has 0 saturated heterocycles. The molecule has 162 valence electrons. The standard InChI is InChI=1S/C25H27NO5/c1-29-22-15-14-19(17-23(22)31-20-11-4-5-12-20)21-13-6-3-9-18(21)10-7-8-16-26-24(27)25(28)30-2/h3,6,9,13-15,17,20H,4-5,8,11-12,16H2,1-2H3,(H,26,27). The van der Waals surface area contributed by atoms with Crippen molar-refractivity contribution < 1.29 is 23.8 Å². The topological polar surface area (TPSA) is 73.9 Å². The molecule has 1 fully saturated rings. The Bertz CT molecular complexity index is 983. The first-order valence-corrected chi connectivity index (χ1v) is 10.4. The van der Waals surface area contributed by atoms with E-state index in [2.05, 4.69) is 21.9 Å². The van der Waals surface area contributed by atoms with Crippen molar-refractivity contribution in [1.29, 1.82) is 0 Å². The van der Waals surface area contributed by atoms with Gasteiger partial charge < -0.3 is 19.5 Å². The zero-order valence-electron chi connectivity index (χ0n) is 17.9. The van der Waals surface area contributed by atoms with Crippen LogP contribution in [-0.2, 0) is 14.3 Å². The van der Waals surface area contributed by atoms with Crippen molar-refractivity contribution in [3.05, 3.63) is 48.0 Å². The highest BCUT2D eigenvalue weighted by Gasteiger charge is 2.19. The Morgan fingerprint density at radius 3 is 2.58 bits per heavy atom. The fraction of sp³-hybridized carbons (Fsp3) is 0.360. The van der Waals surface area contributed by atoms with Crippen molar-refractivity contribution in [3.63, 3.8) is 0 Å². The van der Waals surface area contributed by atoms with Gasteiger partial charge in [-0.15, -0.1) is 0 Å². The van der Waals surface area contributed by atoms with Crippen LogP contribution in [0.4, 0.5) is 0 Å². The lowest BCUT2D eigenvalue weighted by Gasteiger charge is -2.17. The predicted molar refractivity (Wildman–Crippen MR) is 118 cm³/mol. The van der Waals surface area contributed by atoms with E-state index in [1.54, 1.807) is 7.11 Å². The molecule has 0 bridgehead atoms. The van der Waals surface area contributed by atoms with Gasteiger partial charge >= 0.3 is 11.9 Å². The number of hydrogen-bond donors (Lipinski definition) is 1. The lowest BCUT2D eigenvalue weighted by Crippen LogP contribution is -2.32. The molecular weight excluding hydrogens is 394 g/mol. The van der Waals surface area contributed by atoms with Crippen LogP contribution >= 0.6 is 0 Å². The Hall–Kier alpha value is -3.46. The van der Waals surface area contributed by atoms with Crippen LogP contribution in [0, 0.1) is 11.8 Å². The molecular formula is C25H27NO5. The number of carbonyl (C=O) groups excluding carboxylic acids is 2. The average molecular weight is 421 g/mol. The van der Waals surface area contributed by atoms with E-state index in [1.165, 1.54) is 20.0 Å². The van der Waals surface area contributed by atoms with E-state index < -0.39 is 11.9 Å². The monoisotopic (exact) mass is 421 g/mol. The van der Waals surface area contributed by atoms with Gasteiger partial charge in [-0.2, -0.15) is 0 Å². The number of esters is 1. The molecule has 0 radical (unpaired) electrons. The smallest absolute Gasteiger partial charge is 0.396 e. The number of rotatable bonds is 6. The molecule has 0 aromatic heterocycles. The quantitative estimate of drug-likeness (QED) is 0.333. The molecule has 1 saturated carbocycles. The van der Waals surface area contributed by atoms with Crippen LogP contribution in [0.2, 0.25) is 0 Å². The van der Waals surface area contributed by atoms with Crippen molar-refractivity contribution >= 4 is 11.9 Å². The molecule has 0 aliphatic heterocycles. The van der Waals surface area contributed by atoms with Crippen LogP contribution in [-0.4, -0.2) is 38.7 Å². The fourth-order valence-electron chi connectivity index (χ4n) is 3.53. The molecule has 0 atom stereocenters. The van der Waals surface area contributed by atoms with Crippen molar-refractivity contribution in [2.45, 2.75) is 38.2 Å². The number of hydrogen-bond acceptors (Lipinski definition) is 5. The summed E-state index contributed by atoms with van der Waals surface area (Å²) >= 11 is 0. The highest BCUT2D eigenvalue weighted by molar-refractivity contribution is 6.32. The second-order valence-corrected chi connectivity index (χ2v) is 7.23. The van der Waals surface area contributed by atoms with E-state index in [0.29, 0.717) is 6.42 Å². The van der Waals surface area contributed by atoms with Gasteiger partial charge in [-0.1, -0.05) is 36.1 Å². The second kappa shape index (κ2) is 11.1. The number of ether oxygens (including phenoxy) is 3. The van der Waals surface area contributed by atoms with Gasteiger partial charge in [-0.3, -0.25) is 4.79 Å². The molecule has 2 aromatic carbocycles. The molecule has 1 aliphatic rings. The lowest BCUT2D eigenvalue weighted by atomic mass is 9.99. The fourth-order valence-corrected chi connectivity index (χ4v) is 3.53. The number of carbonyl (C=O) groups is 2. The molecule has 1 N–H and O–H groups in total. The van der Waals surface area contributed by atoms with E-state index in [4.69, 9.17) is 9.47 Å². The zero-order chi connectivity index (χ0) is 22.1. The summed E-state index contributed by atoms with van der Waals surface area (Å²) in [7, 11) is 2.82. The molecule has 6 heteroatoms. The minimum absolute atomic E-state index is 0.236. The Morgan fingerprint density at radius 2 is 1.84 bits per heavy atom. The van der Waals surface area contributed by atoms with E-state index in [0.717, 1.165) is 41.0 Å². The minimum Gasteiger partial charge on any atom is -0.493 e. The third-order valence-electron chi connectivity index (χ3n) is 5.13. The van der Waals surface area contributed by atoms with E-state index in [1.807, 2.05) is 42.5 Å². The van der Waals surface area contributed by atoms with Crippen molar-refractivity contribution in [2.75, 3.05) is 20.8 Å². The molecule has 0 spiro atoms. The van der Waals surface area contributed by atoms with Crippen LogP contribution in [0.25, 0.3) is 11.1 Å². The van der Waals surface area contributed by atoms with Gasteiger partial charge in [0.15, 0.2) is 11.5 Å². The molecule has 1 amide bonds. The molecule has 0 heterocycles. The van der Waals surface area contributed by atoms with Crippen LogP contribution in [0.1, 0.15) is 37.7 Å². The van der Waals surface area contributed by atoms with Crippen LogP contribution in [0.5, 0.6) is 11.5 Å². The first-order chi connectivity index (χ1) is 15.1. The summed E-state index contributed by atoms with van der Waals surface area (Å²) < 4.78 is 16.1. The number of benzene rings is 2. The van der Waals surface area contributed by atoms with Crippen molar-refractivity contribution in [3.8, 4) is 34.5 Å². The largest absolute Gasteiger partial charge is 0.493 e. The molecule has 31 heavy (non-hydrogen) atoms. The van der Waals surface area contributed by atoms with Gasteiger partial charge in [0.25, 0.3) is 0 Å². The first-order valence-electron chi connectivity index (χ1n) is 10.4. The van der Waals surface area contributed by atoms with E-state index >= 15 is 0 Å². The van der Waals surface area contributed by atoms with E-state index in [9.17, 15) is 9.59 Å². The number of methoxy groups -OCH3 is 2. The summed E-state index contributed by atoms with van der Waals surface area (Å²) in [6, 6.07) is 13.8. The summed E-state index contributed by atoms with van der Waals surface area (Å²) in [6.07, 6.45) is 5.19. The Labute approximate surface area is 182 Å². The number of nitrogens with one attached hydrogen (secondary N) is 1. The molecule has 0 unspecified atom stereocenters. The van der Waals surface area contributed by atoms with Gasteiger partial charge in [0.2, 0.25) is 0 Å². The summed E-state index contributed by atoms with van der Waals surface area (Å²) in [5, 5.41) is 2.47. The van der Waals surface area contributed by atoms with Gasteiger partial charge in [0.1, 0.15) is 0 Å². The van der Waals surface area contributed by atoms with Crippen molar-refractivity contribution in [1.82, 2.24) is 5.32 Å². The normalized spacial score (nSPS) is 13.1. The Morgan fingerprint density at radius 1 is 1.06 bits per heavy atom. The molecule has 6 nitrogen and oxygen atoms in total. The maximum atomic E-state index is 11.4. The first kappa shape index (κ1) is 22.2. The number of amides is 1. The van der Waals surface area contributed by atoms with Gasteiger partial charge in [0.05, 0.1) is 20.3 Å². The molecule has 2 aromatic rings. The van der Waals surface area contributed by atoms with Crippen LogP contribution < -0.4 is 14.8 Å². The van der Waals surface area contributed by atoms with Crippen molar-refractivity contribution in [2.24, 2.45) is 0 Å². The lowest BCUT2D eigenvalue weighted by molar-refractivity contribution is -0.152. The highest BCUT2D eigenvalue weighted by Crippen LogP contribution is 2.36. The molecule has 3 rings (SSSR count). The van der Waals surface area contributed by atoms with E-state index in [-0.39, 0.29) is 12.6 Å². The van der Waals surface area contributed by atoms with Gasteiger partial charge in [-0.25, -0.2) is 4.79 Å². The summed E-state index contributed by atoms with van der Waals surface area (Å²) in [5.74, 6) is 6.01. The summed E-state index contributed by atoms with van der Waals surface area (Å²) in [4.78, 5) is 22.5. The third-order valence-corrected chi connectivity index (χ3v) is 5.13. The SMILES string of the molecule is COC(=O)C(=O)NCCC#Cc1ccccc1-c1ccc(OC)c(OC2CCCC2)c1. The van der Waals surface area contributed by atoms with Crippen LogP contribution in [0.3, 0.4) is 0 Å². The highest BCUT2D eigenvalue weighted by atomic mass is 16.5. The third kappa shape index (κ3) is 6.02. The maximum Gasteiger partial charge on any atom is 0.396 e. The summed E-state index contributed by atoms with van der Waals surface area (Å²) in [6.45, 7) is 0.269. The van der Waals surface area contributed by atoms with Gasteiger partial charge in [-0.05, 0) is 55.0 Å². The maximum absolute atomic E-state index is 11.4. The summed E-state index contributed by atoms with van der Waals surface area (Å²) in [5.41, 5.74) is 2.86. The Balaban J connectivity index is 1.74. The van der Waals surface area contributed by atoms with Gasteiger partial charge in [0, 0.05) is 18.5 Å².